The molecule has 0 aliphatic heterocycles. The molecule has 10 heavy (non-hydrogen) atoms. The molecule has 0 aromatic carbocycles. The van der Waals surface area contributed by atoms with E-state index >= 15 is 0 Å². The van der Waals surface area contributed by atoms with Gasteiger partial charge < -0.3 is 5.73 Å². The quantitative estimate of drug-likeness (QED) is 0.576. The summed E-state index contributed by atoms with van der Waals surface area (Å²) in [6, 6.07) is 1.84. The lowest BCUT2D eigenvalue weighted by atomic mass is 10.2. The fraction of sp³-hybridized carbons (Fsp3) is 0.125. The van der Waals surface area contributed by atoms with E-state index < -0.39 is 0 Å². The number of nitrogens with two attached hydrogens (primary N) is 1. The van der Waals surface area contributed by atoms with Crippen LogP contribution in [0.15, 0.2) is 18.3 Å². The minimum Gasteiger partial charge on any atom is -0.398 e. The van der Waals surface area contributed by atoms with E-state index in [1.807, 2.05) is 12.1 Å². The van der Waals surface area contributed by atoms with Crippen molar-refractivity contribution in [2.45, 2.75) is 6.42 Å². The Hall–Kier alpha value is -1.31. The summed E-state index contributed by atoms with van der Waals surface area (Å²) in [5, 5.41) is 0. The number of anilines is 1. The van der Waals surface area contributed by atoms with E-state index in [2.05, 4.69) is 11.1 Å². The van der Waals surface area contributed by atoms with Crippen molar-refractivity contribution in [3.05, 3.63) is 29.6 Å². The first-order valence-electron chi connectivity index (χ1n) is 3.28. The molecule has 1 aromatic rings. The molecule has 0 amide bonds. The molecule has 1 aromatic heterocycles. The molecule has 2 rings (SSSR count). The van der Waals surface area contributed by atoms with Crippen LogP contribution in [0.5, 0.6) is 0 Å². The molecular formula is C8H8N2. The molecule has 50 valence electrons. The molecule has 1 aliphatic rings. The second-order valence-corrected chi connectivity index (χ2v) is 2.37. The van der Waals surface area contributed by atoms with Crippen molar-refractivity contribution in [1.29, 1.82) is 0 Å². The molecule has 0 saturated carbocycles. The van der Waals surface area contributed by atoms with Crippen LogP contribution in [0, 0.1) is 0 Å². The van der Waals surface area contributed by atoms with Gasteiger partial charge in [-0.05, 0) is 18.6 Å². The summed E-state index contributed by atoms with van der Waals surface area (Å²) in [6.45, 7) is 0. The summed E-state index contributed by atoms with van der Waals surface area (Å²) in [4.78, 5) is 4.15. The molecule has 0 unspecified atom stereocenters. The zero-order valence-corrected chi connectivity index (χ0v) is 5.54. The van der Waals surface area contributed by atoms with E-state index in [1.54, 1.807) is 6.20 Å². The van der Waals surface area contributed by atoms with Crippen molar-refractivity contribution in [1.82, 2.24) is 4.98 Å². The topological polar surface area (TPSA) is 38.9 Å². The van der Waals surface area contributed by atoms with Crippen LogP contribution in [0.3, 0.4) is 0 Å². The number of nitrogen functional groups attached to an aromatic ring is 1. The smallest absolute Gasteiger partial charge is 0.0682 e. The lowest BCUT2D eigenvalue weighted by molar-refractivity contribution is 1.21. The lowest BCUT2D eigenvalue weighted by Gasteiger charge is -1.99. The molecular weight excluding hydrogens is 124 g/mol. The fourth-order valence-electron chi connectivity index (χ4n) is 1.18. The molecule has 2 nitrogen and oxygen atoms in total. The minimum atomic E-state index is 0.856. The summed E-state index contributed by atoms with van der Waals surface area (Å²) in [5.41, 5.74) is 8.75. The van der Waals surface area contributed by atoms with Gasteiger partial charge in [-0.25, -0.2) is 0 Å². The Kier molecular flexibility index (Phi) is 1.01. The van der Waals surface area contributed by atoms with E-state index in [-0.39, 0.29) is 0 Å². The van der Waals surface area contributed by atoms with Gasteiger partial charge in [0.1, 0.15) is 0 Å². The molecule has 1 heterocycles. The number of hydrogen-bond donors (Lipinski definition) is 1. The van der Waals surface area contributed by atoms with Gasteiger partial charge in [0, 0.05) is 17.4 Å². The van der Waals surface area contributed by atoms with E-state index in [9.17, 15) is 0 Å². The largest absolute Gasteiger partial charge is 0.398 e. The molecule has 2 N–H and O–H groups in total. The van der Waals surface area contributed by atoms with Crippen molar-refractivity contribution in [2.24, 2.45) is 0 Å². The third kappa shape index (κ3) is 0.620. The fourth-order valence-corrected chi connectivity index (χ4v) is 1.18. The first kappa shape index (κ1) is 5.47. The van der Waals surface area contributed by atoms with Gasteiger partial charge in [0.05, 0.1) is 5.69 Å². The molecule has 1 aliphatic carbocycles. The minimum absolute atomic E-state index is 0.856. The summed E-state index contributed by atoms with van der Waals surface area (Å²) >= 11 is 0. The molecule has 2 heteroatoms. The summed E-state index contributed by atoms with van der Waals surface area (Å²) < 4.78 is 0. The van der Waals surface area contributed by atoms with Gasteiger partial charge in [-0.3, -0.25) is 4.98 Å². The summed E-state index contributed by atoms with van der Waals surface area (Å²) in [7, 11) is 0. The average molecular weight is 132 g/mol. The predicted molar refractivity (Wildman–Crippen MR) is 41.4 cm³/mol. The molecule has 0 spiro atoms. The Morgan fingerprint density at radius 2 is 2.40 bits per heavy atom. The van der Waals surface area contributed by atoms with Crippen molar-refractivity contribution in [2.75, 3.05) is 5.73 Å². The van der Waals surface area contributed by atoms with Gasteiger partial charge in [-0.2, -0.15) is 0 Å². The van der Waals surface area contributed by atoms with Crippen LogP contribution in [0.2, 0.25) is 0 Å². The number of aromatic nitrogens is 1. The zero-order valence-electron chi connectivity index (χ0n) is 5.54. The lowest BCUT2D eigenvalue weighted by Crippen LogP contribution is -1.94. The van der Waals surface area contributed by atoms with Gasteiger partial charge in [0.25, 0.3) is 0 Å². The monoisotopic (exact) mass is 132 g/mol. The first-order valence-corrected chi connectivity index (χ1v) is 3.28. The van der Waals surface area contributed by atoms with Gasteiger partial charge in [-0.15, -0.1) is 0 Å². The third-order valence-electron chi connectivity index (χ3n) is 1.72. The maximum absolute atomic E-state index is 5.69. The van der Waals surface area contributed by atoms with Gasteiger partial charge in [-0.1, -0.05) is 6.08 Å². The average Bonchev–Trinajstić information content (AvgIpc) is 2.36. The van der Waals surface area contributed by atoms with Crippen molar-refractivity contribution in [3.63, 3.8) is 0 Å². The number of hydrogen-bond acceptors (Lipinski definition) is 2. The van der Waals surface area contributed by atoms with Crippen molar-refractivity contribution in [3.8, 4) is 0 Å². The standard InChI is InChI=1S/C8H8N2/c9-7-4-5-10-8-3-1-2-6(7)8/h1,3-5H,2H2,(H2,9,10). The highest BCUT2D eigenvalue weighted by Crippen LogP contribution is 2.21. The van der Waals surface area contributed by atoms with Crippen LogP contribution >= 0.6 is 0 Å². The Labute approximate surface area is 59.4 Å². The summed E-state index contributed by atoms with van der Waals surface area (Å²) in [5.74, 6) is 0. The van der Waals surface area contributed by atoms with Crippen molar-refractivity contribution < 1.29 is 0 Å². The normalized spacial score (nSPS) is 13.6. The second-order valence-electron chi connectivity index (χ2n) is 2.37. The molecule has 0 bridgehead atoms. The Bertz CT molecular complexity index is 289. The van der Waals surface area contributed by atoms with Crippen LogP contribution in [0.1, 0.15) is 11.3 Å². The Balaban J connectivity index is 2.66. The molecule has 0 saturated heterocycles. The number of pyridine rings is 1. The van der Waals surface area contributed by atoms with Crippen LogP contribution in [0.25, 0.3) is 6.08 Å². The van der Waals surface area contributed by atoms with E-state index in [1.165, 1.54) is 5.56 Å². The highest BCUT2D eigenvalue weighted by molar-refractivity contribution is 5.64. The van der Waals surface area contributed by atoms with E-state index in [4.69, 9.17) is 5.73 Å². The second kappa shape index (κ2) is 1.84. The van der Waals surface area contributed by atoms with Crippen molar-refractivity contribution >= 4 is 11.8 Å². The molecule has 0 atom stereocenters. The van der Waals surface area contributed by atoms with Gasteiger partial charge in [0.2, 0.25) is 0 Å². The number of allylic oxidation sites excluding steroid dienone is 1. The first-order chi connectivity index (χ1) is 4.88. The Morgan fingerprint density at radius 3 is 3.20 bits per heavy atom. The van der Waals surface area contributed by atoms with Crippen LogP contribution in [0.4, 0.5) is 5.69 Å². The molecule has 0 fully saturated rings. The van der Waals surface area contributed by atoms with Crippen LogP contribution in [-0.2, 0) is 6.42 Å². The molecule has 0 radical (unpaired) electrons. The predicted octanol–water partition coefficient (Wildman–Crippen LogP) is 1.23. The maximum Gasteiger partial charge on any atom is 0.0682 e. The third-order valence-corrected chi connectivity index (χ3v) is 1.72. The van der Waals surface area contributed by atoms with Gasteiger partial charge in [0.15, 0.2) is 0 Å². The summed E-state index contributed by atoms with van der Waals surface area (Å²) in [6.07, 6.45) is 6.76. The van der Waals surface area contributed by atoms with Crippen LogP contribution < -0.4 is 5.73 Å². The number of nitrogens with zero attached hydrogens (tertiary/aromatic N) is 1. The van der Waals surface area contributed by atoms with E-state index in [0.717, 1.165) is 17.8 Å². The SMILES string of the molecule is Nc1ccnc2c1CC=C2. The van der Waals surface area contributed by atoms with Crippen LogP contribution in [-0.4, -0.2) is 4.98 Å². The maximum atomic E-state index is 5.69. The number of rotatable bonds is 0. The zero-order chi connectivity index (χ0) is 6.97. The Morgan fingerprint density at radius 1 is 1.50 bits per heavy atom. The number of fused-ring (bicyclic) bond motifs is 1. The van der Waals surface area contributed by atoms with Gasteiger partial charge >= 0.3 is 0 Å². The van der Waals surface area contributed by atoms with E-state index in [0.29, 0.717) is 0 Å². The highest BCUT2D eigenvalue weighted by Gasteiger charge is 2.07. The highest BCUT2D eigenvalue weighted by atomic mass is 14.7.